The van der Waals surface area contributed by atoms with Crippen LogP contribution in [0.2, 0.25) is 0 Å². The molecule has 1 heterocycles. The smallest absolute Gasteiger partial charge is 0.270 e. The summed E-state index contributed by atoms with van der Waals surface area (Å²) in [6, 6.07) is 2.85. The SMILES string of the molecule is Nc1ccc(C(=O)NCC(F)F)nc1. The Morgan fingerprint density at radius 2 is 2.29 bits per heavy atom. The topological polar surface area (TPSA) is 68.0 Å². The van der Waals surface area contributed by atoms with Gasteiger partial charge in [-0.3, -0.25) is 4.79 Å². The standard InChI is InChI=1S/C8H9F2N3O/c9-7(10)4-13-8(14)6-2-1-5(11)3-12-6/h1-3,7H,4,11H2,(H,13,14). The number of amides is 1. The van der Waals surface area contributed by atoms with Crippen molar-refractivity contribution in [2.75, 3.05) is 12.3 Å². The third kappa shape index (κ3) is 2.96. The van der Waals surface area contributed by atoms with Gasteiger partial charge in [0, 0.05) is 0 Å². The van der Waals surface area contributed by atoms with E-state index >= 15 is 0 Å². The van der Waals surface area contributed by atoms with Crippen LogP contribution in [0.5, 0.6) is 0 Å². The number of aromatic nitrogens is 1. The van der Waals surface area contributed by atoms with Gasteiger partial charge in [0.1, 0.15) is 5.69 Å². The molecule has 0 unspecified atom stereocenters. The summed E-state index contributed by atoms with van der Waals surface area (Å²) in [5.74, 6) is -0.634. The number of nitrogens with one attached hydrogen (secondary N) is 1. The molecule has 1 amide bonds. The van der Waals surface area contributed by atoms with Crippen molar-refractivity contribution in [3.05, 3.63) is 24.0 Å². The molecule has 3 N–H and O–H groups in total. The molecule has 0 spiro atoms. The van der Waals surface area contributed by atoms with E-state index in [0.29, 0.717) is 5.69 Å². The quantitative estimate of drug-likeness (QED) is 0.754. The largest absolute Gasteiger partial charge is 0.397 e. The summed E-state index contributed by atoms with van der Waals surface area (Å²) in [6.45, 7) is -0.676. The Morgan fingerprint density at radius 3 is 2.79 bits per heavy atom. The van der Waals surface area contributed by atoms with Gasteiger partial charge in [0.15, 0.2) is 0 Å². The number of anilines is 1. The number of hydrogen-bond donors (Lipinski definition) is 2. The molecule has 0 saturated heterocycles. The predicted molar refractivity (Wildman–Crippen MR) is 47.0 cm³/mol. The molecule has 0 saturated carbocycles. The van der Waals surface area contributed by atoms with Crippen molar-refractivity contribution in [2.24, 2.45) is 0 Å². The Balaban J connectivity index is 2.57. The number of carbonyl (C=O) groups is 1. The van der Waals surface area contributed by atoms with Crippen LogP contribution >= 0.6 is 0 Å². The molecule has 0 bridgehead atoms. The highest BCUT2D eigenvalue weighted by atomic mass is 19.3. The fraction of sp³-hybridized carbons (Fsp3) is 0.250. The highest BCUT2D eigenvalue weighted by Gasteiger charge is 2.09. The Kier molecular flexibility index (Phi) is 3.33. The molecule has 1 aromatic rings. The minimum atomic E-state index is -2.56. The summed E-state index contributed by atoms with van der Waals surface area (Å²) in [7, 11) is 0. The third-order valence-electron chi connectivity index (χ3n) is 1.44. The molecule has 0 aromatic carbocycles. The molecule has 4 nitrogen and oxygen atoms in total. The first kappa shape index (κ1) is 10.4. The minimum absolute atomic E-state index is 0.0693. The van der Waals surface area contributed by atoms with Crippen LogP contribution < -0.4 is 11.1 Å². The fourth-order valence-corrected chi connectivity index (χ4v) is 0.800. The highest BCUT2D eigenvalue weighted by molar-refractivity contribution is 5.92. The van der Waals surface area contributed by atoms with Gasteiger partial charge in [-0.15, -0.1) is 0 Å². The lowest BCUT2D eigenvalue weighted by atomic mass is 10.3. The lowest BCUT2D eigenvalue weighted by molar-refractivity contribution is 0.0887. The summed E-state index contributed by atoms with van der Waals surface area (Å²) in [5, 5.41) is 2.03. The summed E-state index contributed by atoms with van der Waals surface area (Å²) in [4.78, 5) is 14.8. The van der Waals surface area contributed by atoms with Crippen molar-refractivity contribution >= 4 is 11.6 Å². The number of carbonyl (C=O) groups excluding carboxylic acids is 1. The van der Waals surface area contributed by atoms with Crippen molar-refractivity contribution in [1.82, 2.24) is 10.3 Å². The van der Waals surface area contributed by atoms with Crippen molar-refractivity contribution in [2.45, 2.75) is 6.43 Å². The molecule has 0 fully saturated rings. The van der Waals surface area contributed by atoms with E-state index in [1.165, 1.54) is 18.3 Å². The average Bonchev–Trinajstić information content (AvgIpc) is 2.15. The number of rotatable bonds is 3. The Hall–Kier alpha value is -1.72. The first-order valence-electron chi connectivity index (χ1n) is 3.87. The number of alkyl halides is 2. The summed E-state index contributed by atoms with van der Waals surface area (Å²) >= 11 is 0. The normalized spacial score (nSPS) is 10.2. The second-order valence-corrected chi connectivity index (χ2v) is 2.58. The maximum Gasteiger partial charge on any atom is 0.270 e. The molecule has 14 heavy (non-hydrogen) atoms. The van der Waals surface area contributed by atoms with Crippen molar-refractivity contribution in [3.63, 3.8) is 0 Å². The Bertz CT molecular complexity index is 313. The zero-order valence-corrected chi connectivity index (χ0v) is 7.21. The van der Waals surface area contributed by atoms with Gasteiger partial charge in [-0.1, -0.05) is 0 Å². The van der Waals surface area contributed by atoms with E-state index in [-0.39, 0.29) is 5.69 Å². The van der Waals surface area contributed by atoms with Crippen LogP contribution in [0.3, 0.4) is 0 Å². The van der Waals surface area contributed by atoms with E-state index in [4.69, 9.17) is 5.73 Å². The van der Waals surface area contributed by atoms with Crippen LogP contribution in [0.1, 0.15) is 10.5 Å². The van der Waals surface area contributed by atoms with Crippen molar-refractivity contribution < 1.29 is 13.6 Å². The molecule has 6 heteroatoms. The zero-order valence-electron chi connectivity index (χ0n) is 7.21. The molecular weight excluding hydrogens is 192 g/mol. The minimum Gasteiger partial charge on any atom is -0.397 e. The fourth-order valence-electron chi connectivity index (χ4n) is 0.800. The third-order valence-corrected chi connectivity index (χ3v) is 1.44. The van der Waals surface area contributed by atoms with E-state index in [1.807, 2.05) is 5.32 Å². The summed E-state index contributed by atoms with van der Waals surface area (Å²) < 4.78 is 23.4. The first-order chi connectivity index (χ1) is 6.59. The van der Waals surface area contributed by atoms with E-state index in [1.54, 1.807) is 0 Å². The molecule has 0 aliphatic heterocycles. The Morgan fingerprint density at radius 1 is 1.57 bits per heavy atom. The van der Waals surface area contributed by atoms with Gasteiger partial charge in [-0.05, 0) is 12.1 Å². The number of halogens is 2. The molecule has 0 radical (unpaired) electrons. The lowest BCUT2D eigenvalue weighted by Crippen LogP contribution is -2.29. The molecule has 76 valence electrons. The van der Waals surface area contributed by atoms with E-state index in [2.05, 4.69) is 4.98 Å². The highest BCUT2D eigenvalue weighted by Crippen LogP contribution is 2.00. The maximum absolute atomic E-state index is 11.7. The number of nitrogens with two attached hydrogens (primary N) is 1. The second kappa shape index (κ2) is 4.50. The lowest BCUT2D eigenvalue weighted by Gasteiger charge is -2.03. The summed E-state index contributed by atoms with van der Waals surface area (Å²) in [6.07, 6.45) is -1.27. The van der Waals surface area contributed by atoms with Crippen LogP contribution in [0, 0.1) is 0 Å². The van der Waals surface area contributed by atoms with Crippen LogP contribution in [0.25, 0.3) is 0 Å². The second-order valence-electron chi connectivity index (χ2n) is 2.58. The molecule has 1 rings (SSSR count). The van der Waals surface area contributed by atoms with Crippen LogP contribution in [-0.4, -0.2) is 23.9 Å². The first-order valence-corrected chi connectivity index (χ1v) is 3.87. The van der Waals surface area contributed by atoms with E-state index in [0.717, 1.165) is 0 Å². The van der Waals surface area contributed by atoms with Crippen LogP contribution in [0.15, 0.2) is 18.3 Å². The van der Waals surface area contributed by atoms with Crippen molar-refractivity contribution in [1.29, 1.82) is 0 Å². The van der Waals surface area contributed by atoms with Gasteiger partial charge >= 0.3 is 0 Å². The van der Waals surface area contributed by atoms with Gasteiger partial charge in [0.05, 0.1) is 18.4 Å². The van der Waals surface area contributed by atoms with Gasteiger partial charge in [0.2, 0.25) is 0 Å². The van der Waals surface area contributed by atoms with Crippen molar-refractivity contribution in [3.8, 4) is 0 Å². The monoisotopic (exact) mass is 201 g/mol. The molecule has 0 aliphatic carbocycles. The molecule has 0 aliphatic rings. The summed E-state index contributed by atoms with van der Waals surface area (Å²) in [5.41, 5.74) is 5.82. The number of hydrogen-bond acceptors (Lipinski definition) is 3. The van der Waals surface area contributed by atoms with Gasteiger partial charge < -0.3 is 11.1 Å². The number of pyridine rings is 1. The van der Waals surface area contributed by atoms with E-state index < -0.39 is 18.9 Å². The van der Waals surface area contributed by atoms with Crippen LogP contribution in [0.4, 0.5) is 14.5 Å². The maximum atomic E-state index is 11.7. The van der Waals surface area contributed by atoms with E-state index in [9.17, 15) is 13.6 Å². The molecule has 1 aromatic heterocycles. The van der Waals surface area contributed by atoms with Gasteiger partial charge in [-0.25, -0.2) is 13.8 Å². The number of nitrogen functional groups attached to an aromatic ring is 1. The zero-order chi connectivity index (χ0) is 10.6. The Labute approximate surface area is 79.1 Å². The average molecular weight is 201 g/mol. The predicted octanol–water partition coefficient (Wildman–Crippen LogP) is 0.659. The molecular formula is C8H9F2N3O. The molecule has 0 atom stereocenters. The number of nitrogens with zero attached hydrogens (tertiary/aromatic N) is 1. The van der Waals surface area contributed by atoms with Gasteiger partial charge in [0.25, 0.3) is 12.3 Å². The van der Waals surface area contributed by atoms with Crippen LogP contribution in [-0.2, 0) is 0 Å². The van der Waals surface area contributed by atoms with Gasteiger partial charge in [-0.2, -0.15) is 0 Å².